The Labute approximate surface area is 78.6 Å². The van der Waals surface area contributed by atoms with Gasteiger partial charge < -0.3 is 5.11 Å². The van der Waals surface area contributed by atoms with E-state index in [-0.39, 0.29) is 22.2 Å². The maximum absolute atomic E-state index is 10.2. The van der Waals surface area contributed by atoms with Gasteiger partial charge in [0.2, 0.25) is 0 Å². The molecule has 0 heterocycles. The Morgan fingerprint density at radius 2 is 1.91 bits per heavy atom. The van der Waals surface area contributed by atoms with Gasteiger partial charge in [-0.1, -0.05) is 27.2 Å². The summed E-state index contributed by atoms with van der Waals surface area (Å²) in [5.41, 5.74) is 0.193. The second kappa shape index (κ2) is 5.60. The zero-order valence-corrected chi connectivity index (χ0v) is 8.35. The predicted molar refractivity (Wildman–Crippen MR) is 40.9 cm³/mol. The van der Waals surface area contributed by atoms with Crippen LogP contribution < -0.4 is 0 Å². The van der Waals surface area contributed by atoms with E-state index in [9.17, 15) is 4.79 Å². The van der Waals surface area contributed by atoms with E-state index in [2.05, 4.69) is 20.8 Å². The number of hydrogen-bond donors (Lipinski definition) is 1. The topological polar surface area (TPSA) is 37.3 Å². The first-order valence-electron chi connectivity index (χ1n) is 3.70. The van der Waals surface area contributed by atoms with E-state index in [0.29, 0.717) is 6.42 Å². The first-order chi connectivity index (χ1) is 4.48. The molecular formula is C8H16CoO2. The van der Waals surface area contributed by atoms with Crippen LogP contribution in [0, 0.1) is 5.41 Å². The molecule has 0 aliphatic carbocycles. The molecule has 0 spiro atoms. The van der Waals surface area contributed by atoms with E-state index in [4.69, 9.17) is 5.11 Å². The van der Waals surface area contributed by atoms with E-state index in [0.717, 1.165) is 12.8 Å². The number of rotatable bonds is 4. The molecule has 1 radical (unpaired) electrons. The predicted octanol–water partition coefficient (Wildman–Crippen LogP) is 2.28. The average Bonchev–Trinajstić information content (AvgIpc) is 1.85. The molecule has 69 valence electrons. The van der Waals surface area contributed by atoms with Crippen LogP contribution in [0.5, 0.6) is 0 Å². The van der Waals surface area contributed by atoms with Gasteiger partial charge in [-0.3, -0.25) is 4.79 Å². The molecule has 0 unspecified atom stereocenters. The van der Waals surface area contributed by atoms with Crippen molar-refractivity contribution in [2.45, 2.75) is 40.0 Å². The Morgan fingerprint density at radius 1 is 1.45 bits per heavy atom. The molecule has 11 heavy (non-hydrogen) atoms. The normalized spacial score (nSPS) is 10.5. The maximum Gasteiger partial charge on any atom is 0.303 e. The van der Waals surface area contributed by atoms with Crippen molar-refractivity contribution < 1.29 is 26.7 Å². The first-order valence-corrected chi connectivity index (χ1v) is 3.70. The van der Waals surface area contributed by atoms with Crippen molar-refractivity contribution in [1.82, 2.24) is 0 Å². The molecule has 1 N–H and O–H groups in total. The summed E-state index contributed by atoms with van der Waals surface area (Å²) in [5, 5.41) is 8.37. The molecule has 0 aromatic heterocycles. The SMILES string of the molecule is CCC(C)(C)CCC(=O)O.[Co]. The van der Waals surface area contributed by atoms with E-state index in [1.165, 1.54) is 0 Å². The van der Waals surface area contributed by atoms with Gasteiger partial charge in [0.15, 0.2) is 0 Å². The van der Waals surface area contributed by atoms with Crippen molar-refractivity contribution in [3.05, 3.63) is 0 Å². The molecule has 0 aromatic rings. The third-order valence-electron chi connectivity index (χ3n) is 1.97. The second-order valence-corrected chi connectivity index (χ2v) is 3.41. The Balaban J connectivity index is 0. The van der Waals surface area contributed by atoms with Gasteiger partial charge in [-0.15, -0.1) is 0 Å². The number of carboxylic acid groups (broad SMARTS) is 1. The van der Waals surface area contributed by atoms with Crippen molar-refractivity contribution in [2.75, 3.05) is 0 Å². The summed E-state index contributed by atoms with van der Waals surface area (Å²) in [7, 11) is 0. The number of carbonyl (C=O) groups is 1. The maximum atomic E-state index is 10.2. The van der Waals surface area contributed by atoms with Gasteiger partial charge >= 0.3 is 5.97 Å². The van der Waals surface area contributed by atoms with Crippen LogP contribution in [0.15, 0.2) is 0 Å². The summed E-state index contributed by atoms with van der Waals surface area (Å²) >= 11 is 0. The number of aliphatic carboxylic acids is 1. The van der Waals surface area contributed by atoms with Crippen LogP contribution in [0.2, 0.25) is 0 Å². The fourth-order valence-electron chi connectivity index (χ4n) is 0.622. The van der Waals surface area contributed by atoms with Crippen molar-refractivity contribution in [1.29, 1.82) is 0 Å². The Kier molecular flexibility index (Phi) is 6.91. The summed E-state index contributed by atoms with van der Waals surface area (Å²) in [5.74, 6) is -0.693. The van der Waals surface area contributed by atoms with Gasteiger partial charge in [-0.25, -0.2) is 0 Å². The van der Waals surface area contributed by atoms with Crippen LogP contribution >= 0.6 is 0 Å². The fourth-order valence-corrected chi connectivity index (χ4v) is 0.622. The Bertz CT molecular complexity index is 121. The van der Waals surface area contributed by atoms with Gasteiger partial charge in [0, 0.05) is 23.2 Å². The van der Waals surface area contributed by atoms with E-state index >= 15 is 0 Å². The van der Waals surface area contributed by atoms with E-state index in [1.807, 2.05) is 0 Å². The summed E-state index contributed by atoms with van der Waals surface area (Å²) in [6.45, 7) is 6.27. The zero-order valence-electron chi connectivity index (χ0n) is 7.31. The molecule has 0 aliphatic rings. The van der Waals surface area contributed by atoms with Crippen LogP contribution in [0.4, 0.5) is 0 Å². The minimum Gasteiger partial charge on any atom is -0.481 e. The molecule has 0 aliphatic heterocycles. The van der Waals surface area contributed by atoms with Gasteiger partial charge in [0.25, 0.3) is 0 Å². The first kappa shape index (κ1) is 13.6. The number of hydrogen-bond acceptors (Lipinski definition) is 1. The standard InChI is InChI=1S/C8H16O2.Co/c1-4-8(2,3)6-5-7(9)10;/h4-6H2,1-3H3,(H,9,10);. The third-order valence-corrected chi connectivity index (χ3v) is 1.97. The average molecular weight is 203 g/mol. The molecule has 3 heteroatoms. The van der Waals surface area contributed by atoms with Crippen LogP contribution in [-0.2, 0) is 21.6 Å². The Morgan fingerprint density at radius 3 is 2.18 bits per heavy atom. The van der Waals surface area contributed by atoms with Crippen molar-refractivity contribution in [3.8, 4) is 0 Å². The minimum absolute atomic E-state index is 0. The van der Waals surface area contributed by atoms with Crippen LogP contribution in [0.1, 0.15) is 40.0 Å². The second-order valence-electron chi connectivity index (χ2n) is 3.41. The van der Waals surface area contributed by atoms with Crippen molar-refractivity contribution >= 4 is 5.97 Å². The fraction of sp³-hybridized carbons (Fsp3) is 0.875. The van der Waals surface area contributed by atoms with Gasteiger partial charge in [0.05, 0.1) is 0 Å². The third kappa shape index (κ3) is 7.88. The largest absolute Gasteiger partial charge is 0.481 e. The summed E-state index contributed by atoms with van der Waals surface area (Å²) in [6, 6.07) is 0. The van der Waals surface area contributed by atoms with Gasteiger partial charge in [-0.2, -0.15) is 0 Å². The molecule has 0 aromatic carbocycles. The molecule has 0 amide bonds. The van der Waals surface area contributed by atoms with Gasteiger partial charge in [-0.05, 0) is 11.8 Å². The van der Waals surface area contributed by atoms with Crippen LogP contribution in [0.25, 0.3) is 0 Å². The quantitative estimate of drug-likeness (QED) is 0.761. The summed E-state index contributed by atoms with van der Waals surface area (Å²) in [4.78, 5) is 10.2. The Hall–Kier alpha value is -0.0235. The van der Waals surface area contributed by atoms with Crippen LogP contribution in [0.3, 0.4) is 0 Å². The monoisotopic (exact) mass is 203 g/mol. The zero-order chi connectivity index (χ0) is 8.20. The van der Waals surface area contributed by atoms with Gasteiger partial charge in [0.1, 0.15) is 0 Å². The molecule has 2 nitrogen and oxygen atoms in total. The van der Waals surface area contributed by atoms with E-state index < -0.39 is 5.97 Å². The summed E-state index contributed by atoms with van der Waals surface area (Å²) in [6.07, 6.45) is 2.11. The smallest absolute Gasteiger partial charge is 0.303 e. The molecule has 0 saturated carbocycles. The van der Waals surface area contributed by atoms with Crippen molar-refractivity contribution in [3.63, 3.8) is 0 Å². The number of carboxylic acids is 1. The minimum atomic E-state index is -0.693. The van der Waals surface area contributed by atoms with Crippen LogP contribution in [-0.4, -0.2) is 11.1 Å². The summed E-state index contributed by atoms with van der Waals surface area (Å²) < 4.78 is 0. The molecule has 0 rings (SSSR count). The molecule has 0 fully saturated rings. The van der Waals surface area contributed by atoms with E-state index in [1.54, 1.807) is 0 Å². The molecule has 0 atom stereocenters. The van der Waals surface area contributed by atoms with Crippen molar-refractivity contribution in [2.24, 2.45) is 5.41 Å². The molecule has 0 bridgehead atoms. The molecule has 0 saturated heterocycles. The molecular weight excluding hydrogens is 187 g/mol.